The Labute approximate surface area is 127 Å². The quantitative estimate of drug-likeness (QED) is 0.810. The van der Waals surface area contributed by atoms with Crippen LogP contribution in [0.1, 0.15) is 33.1 Å². The summed E-state index contributed by atoms with van der Waals surface area (Å²) in [6.07, 6.45) is 2.10. The van der Waals surface area contributed by atoms with Crippen LogP contribution in [0.15, 0.2) is 28.7 Å². The van der Waals surface area contributed by atoms with Crippen LogP contribution in [0, 0.1) is 5.41 Å². The molecule has 0 aliphatic heterocycles. The molecule has 1 fully saturated rings. The molecule has 5 heteroatoms. The average molecular weight is 339 g/mol. The molecule has 2 amide bonds. The number of carbonyl (C=O) groups excluding carboxylic acids is 2. The van der Waals surface area contributed by atoms with Gasteiger partial charge in [0.15, 0.2) is 0 Å². The Morgan fingerprint density at radius 3 is 2.60 bits per heavy atom. The first-order valence-electron chi connectivity index (χ1n) is 6.86. The Morgan fingerprint density at radius 2 is 2.05 bits per heavy atom. The average Bonchev–Trinajstić information content (AvgIpc) is 3.20. The van der Waals surface area contributed by atoms with Crippen LogP contribution in [-0.2, 0) is 9.59 Å². The molecule has 1 aliphatic carbocycles. The maximum absolute atomic E-state index is 12.3. The molecule has 1 unspecified atom stereocenters. The second-order valence-corrected chi connectivity index (χ2v) is 6.25. The molecule has 4 nitrogen and oxygen atoms in total. The van der Waals surface area contributed by atoms with Crippen LogP contribution in [0.3, 0.4) is 0 Å². The third-order valence-electron chi connectivity index (χ3n) is 3.69. The molecule has 1 atom stereocenters. The zero-order valence-corrected chi connectivity index (χ0v) is 13.3. The van der Waals surface area contributed by atoms with Crippen LogP contribution in [0.4, 0.5) is 5.69 Å². The summed E-state index contributed by atoms with van der Waals surface area (Å²) in [5.74, 6) is -0.365. The summed E-state index contributed by atoms with van der Waals surface area (Å²) in [6.45, 7) is 3.95. The van der Waals surface area contributed by atoms with Crippen molar-refractivity contribution >= 4 is 33.4 Å². The Kier molecular flexibility index (Phi) is 4.48. The van der Waals surface area contributed by atoms with Gasteiger partial charge in [0.05, 0.1) is 0 Å². The fraction of sp³-hybridized carbons (Fsp3) is 0.467. The van der Waals surface area contributed by atoms with Crippen molar-refractivity contribution in [3.05, 3.63) is 28.7 Å². The number of hydrogen-bond acceptors (Lipinski definition) is 2. The fourth-order valence-corrected chi connectivity index (χ4v) is 2.36. The normalized spacial score (nSPS) is 17.1. The Balaban J connectivity index is 2.03. The largest absolute Gasteiger partial charge is 0.353 e. The molecule has 2 rings (SSSR count). The molecule has 0 spiro atoms. The SMILES string of the molecule is CCC(C)NC(=O)C1(C(=O)Nc2cccc(Br)c2)CC1. The van der Waals surface area contributed by atoms with Gasteiger partial charge in [-0.3, -0.25) is 9.59 Å². The summed E-state index contributed by atoms with van der Waals surface area (Å²) < 4.78 is 0.893. The summed E-state index contributed by atoms with van der Waals surface area (Å²) in [4.78, 5) is 24.5. The van der Waals surface area contributed by atoms with Crippen LogP contribution in [0.5, 0.6) is 0 Å². The molecule has 0 radical (unpaired) electrons. The van der Waals surface area contributed by atoms with Gasteiger partial charge in [-0.15, -0.1) is 0 Å². The molecule has 1 aromatic carbocycles. The number of rotatable bonds is 5. The van der Waals surface area contributed by atoms with E-state index in [1.807, 2.05) is 38.1 Å². The third kappa shape index (κ3) is 3.20. The standard InChI is InChI=1S/C15H19BrN2O2/c1-3-10(2)17-13(19)15(7-8-15)14(20)18-12-6-4-5-11(16)9-12/h4-6,9-10H,3,7-8H2,1-2H3,(H,17,19)(H,18,20). The van der Waals surface area contributed by atoms with E-state index in [1.54, 1.807) is 0 Å². The Morgan fingerprint density at radius 1 is 1.35 bits per heavy atom. The number of hydrogen-bond donors (Lipinski definition) is 2. The lowest BCUT2D eigenvalue weighted by Gasteiger charge is -2.18. The molecule has 0 saturated heterocycles. The van der Waals surface area contributed by atoms with E-state index < -0.39 is 5.41 Å². The maximum atomic E-state index is 12.3. The molecule has 1 aliphatic rings. The van der Waals surface area contributed by atoms with Gasteiger partial charge in [0, 0.05) is 16.2 Å². The Hall–Kier alpha value is -1.36. The van der Waals surface area contributed by atoms with Crippen molar-refractivity contribution in [1.82, 2.24) is 5.32 Å². The van der Waals surface area contributed by atoms with Crippen LogP contribution < -0.4 is 10.6 Å². The third-order valence-corrected chi connectivity index (χ3v) is 4.18. The first kappa shape index (κ1) is 15.0. The minimum absolute atomic E-state index is 0.0960. The maximum Gasteiger partial charge on any atom is 0.240 e. The predicted molar refractivity (Wildman–Crippen MR) is 82.3 cm³/mol. The van der Waals surface area contributed by atoms with Gasteiger partial charge in [-0.05, 0) is 44.4 Å². The highest BCUT2D eigenvalue weighted by Crippen LogP contribution is 2.47. The lowest BCUT2D eigenvalue weighted by atomic mass is 10.0. The molecule has 20 heavy (non-hydrogen) atoms. The van der Waals surface area contributed by atoms with Crippen molar-refractivity contribution in [1.29, 1.82) is 0 Å². The van der Waals surface area contributed by atoms with E-state index in [2.05, 4.69) is 26.6 Å². The molecule has 1 aromatic rings. The highest BCUT2D eigenvalue weighted by atomic mass is 79.9. The number of anilines is 1. The van der Waals surface area contributed by atoms with Gasteiger partial charge in [-0.2, -0.15) is 0 Å². The zero-order chi connectivity index (χ0) is 14.8. The molecule has 1 saturated carbocycles. The number of benzene rings is 1. The van der Waals surface area contributed by atoms with Gasteiger partial charge in [-0.25, -0.2) is 0 Å². The van der Waals surface area contributed by atoms with Crippen LogP contribution in [0.25, 0.3) is 0 Å². The first-order valence-corrected chi connectivity index (χ1v) is 7.65. The predicted octanol–water partition coefficient (Wildman–Crippen LogP) is 3.08. The van der Waals surface area contributed by atoms with Crippen LogP contribution in [0.2, 0.25) is 0 Å². The van der Waals surface area contributed by atoms with E-state index in [1.165, 1.54) is 0 Å². The van der Waals surface area contributed by atoms with Crippen molar-refractivity contribution in [2.24, 2.45) is 5.41 Å². The van der Waals surface area contributed by atoms with Crippen molar-refractivity contribution < 1.29 is 9.59 Å². The molecular weight excluding hydrogens is 320 g/mol. The zero-order valence-electron chi connectivity index (χ0n) is 11.7. The van der Waals surface area contributed by atoms with Gasteiger partial charge in [-0.1, -0.05) is 28.9 Å². The molecule has 108 valence electrons. The van der Waals surface area contributed by atoms with E-state index in [4.69, 9.17) is 0 Å². The lowest BCUT2D eigenvalue weighted by molar-refractivity contribution is -0.134. The smallest absolute Gasteiger partial charge is 0.240 e. The summed E-state index contributed by atoms with van der Waals surface area (Å²) in [5, 5.41) is 5.73. The monoisotopic (exact) mass is 338 g/mol. The summed E-state index contributed by atoms with van der Waals surface area (Å²) in [5.41, 5.74) is -0.168. The second-order valence-electron chi connectivity index (χ2n) is 5.33. The first-order chi connectivity index (χ1) is 9.48. The minimum atomic E-state index is -0.869. The number of halogens is 1. The number of amides is 2. The number of nitrogens with one attached hydrogen (secondary N) is 2. The summed E-state index contributed by atoms with van der Waals surface area (Å²) in [6, 6.07) is 7.46. The fourth-order valence-electron chi connectivity index (χ4n) is 1.96. The van der Waals surface area contributed by atoms with Gasteiger partial charge >= 0.3 is 0 Å². The molecular formula is C15H19BrN2O2. The summed E-state index contributed by atoms with van der Waals surface area (Å²) >= 11 is 3.36. The highest BCUT2D eigenvalue weighted by Gasteiger charge is 2.56. The minimum Gasteiger partial charge on any atom is -0.353 e. The topological polar surface area (TPSA) is 58.2 Å². The van der Waals surface area contributed by atoms with Crippen LogP contribution in [-0.4, -0.2) is 17.9 Å². The van der Waals surface area contributed by atoms with Gasteiger partial charge in [0.2, 0.25) is 11.8 Å². The van der Waals surface area contributed by atoms with E-state index in [-0.39, 0.29) is 17.9 Å². The van der Waals surface area contributed by atoms with Crippen molar-refractivity contribution in [2.75, 3.05) is 5.32 Å². The van der Waals surface area contributed by atoms with Crippen molar-refractivity contribution in [2.45, 2.75) is 39.2 Å². The van der Waals surface area contributed by atoms with Gasteiger partial charge in [0.25, 0.3) is 0 Å². The van der Waals surface area contributed by atoms with E-state index in [0.717, 1.165) is 10.9 Å². The molecule has 0 bridgehead atoms. The molecule has 0 heterocycles. The lowest BCUT2D eigenvalue weighted by Crippen LogP contribution is -2.43. The van der Waals surface area contributed by atoms with Gasteiger partial charge < -0.3 is 10.6 Å². The highest BCUT2D eigenvalue weighted by molar-refractivity contribution is 9.10. The van der Waals surface area contributed by atoms with Crippen molar-refractivity contribution in [3.63, 3.8) is 0 Å². The van der Waals surface area contributed by atoms with Crippen LogP contribution >= 0.6 is 15.9 Å². The van der Waals surface area contributed by atoms with E-state index in [0.29, 0.717) is 18.5 Å². The molecule has 0 aromatic heterocycles. The Bertz CT molecular complexity index is 526. The number of carbonyl (C=O) groups is 2. The summed E-state index contributed by atoms with van der Waals surface area (Å²) in [7, 11) is 0. The van der Waals surface area contributed by atoms with Crippen molar-refractivity contribution in [3.8, 4) is 0 Å². The van der Waals surface area contributed by atoms with E-state index >= 15 is 0 Å². The van der Waals surface area contributed by atoms with E-state index in [9.17, 15) is 9.59 Å². The second kappa shape index (κ2) is 5.95. The van der Waals surface area contributed by atoms with Gasteiger partial charge in [0.1, 0.15) is 5.41 Å². The molecule has 2 N–H and O–H groups in total.